The predicted octanol–water partition coefficient (Wildman–Crippen LogP) is 3.23. The number of aliphatic carboxylic acids is 1. The summed E-state index contributed by atoms with van der Waals surface area (Å²) < 4.78 is 5.21. The summed E-state index contributed by atoms with van der Waals surface area (Å²) in [7, 11) is 1.59. The molecule has 0 bridgehead atoms. The molecule has 3 N–H and O–H groups in total. The summed E-state index contributed by atoms with van der Waals surface area (Å²) in [5, 5.41) is 23.1. The molecule has 0 saturated heterocycles. The van der Waals surface area contributed by atoms with E-state index >= 15 is 0 Å². The lowest BCUT2D eigenvalue weighted by Crippen LogP contribution is -2.39. The van der Waals surface area contributed by atoms with Gasteiger partial charge in [0, 0.05) is 12.5 Å². The van der Waals surface area contributed by atoms with E-state index in [0.29, 0.717) is 5.56 Å². The first-order chi connectivity index (χ1) is 11.9. The topological polar surface area (TPSA) is 78.8 Å². The van der Waals surface area contributed by atoms with Crippen molar-refractivity contribution in [3.63, 3.8) is 0 Å². The van der Waals surface area contributed by atoms with E-state index in [2.05, 4.69) is 5.32 Å². The lowest BCUT2D eigenvalue weighted by molar-refractivity contribution is -0.140. The molecule has 0 aliphatic heterocycles. The maximum absolute atomic E-state index is 11.6. The maximum atomic E-state index is 11.6. The van der Waals surface area contributed by atoms with E-state index in [9.17, 15) is 15.0 Å². The van der Waals surface area contributed by atoms with Crippen LogP contribution in [0.5, 0.6) is 5.75 Å². The molecule has 0 aliphatic carbocycles. The molecule has 2 aromatic rings. The lowest BCUT2D eigenvalue weighted by atomic mass is 9.98. The van der Waals surface area contributed by atoms with Crippen molar-refractivity contribution in [3.8, 4) is 5.75 Å². The van der Waals surface area contributed by atoms with Crippen LogP contribution in [0, 0.1) is 6.92 Å². The van der Waals surface area contributed by atoms with Crippen LogP contribution < -0.4 is 10.1 Å². The first-order valence-corrected chi connectivity index (χ1v) is 8.28. The standard InChI is InChI=1S/C20H25NO4/c1-13-11-16(9-10-19(13)25-3)18(22)12-17(20(23)24)21-14(2)15-7-5-4-6-8-15/h4-11,14,17-18,21-22H,12H2,1-3H3,(H,23,24)/t14-,17+,18-/m0/s1. The van der Waals surface area contributed by atoms with Crippen molar-refractivity contribution in [2.45, 2.75) is 38.5 Å². The Morgan fingerprint density at radius 2 is 1.84 bits per heavy atom. The molecule has 0 heterocycles. The van der Waals surface area contributed by atoms with Crippen molar-refractivity contribution in [1.29, 1.82) is 0 Å². The highest BCUT2D eigenvalue weighted by Gasteiger charge is 2.24. The summed E-state index contributed by atoms with van der Waals surface area (Å²) in [6.45, 7) is 3.80. The molecular weight excluding hydrogens is 318 g/mol. The van der Waals surface area contributed by atoms with Gasteiger partial charge in [-0.1, -0.05) is 36.4 Å². The van der Waals surface area contributed by atoms with Crippen molar-refractivity contribution < 1.29 is 19.7 Å². The number of aliphatic hydroxyl groups is 1. The summed E-state index contributed by atoms with van der Waals surface area (Å²) in [4.78, 5) is 11.6. The van der Waals surface area contributed by atoms with Crippen molar-refractivity contribution in [1.82, 2.24) is 5.32 Å². The average molecular weight is 343 g/mol. The minimum atomic E-state index is -0.980. The Hall–Kier alpha value is -2.37. The monoisotopic (exact) mass is 343 g/mol. The lowest BCUT2D eigenvalue weighted by Gasteiger charge is -2.23. The van der Waals surface area contributed by atoms with Gasteiger partial charge in [0.2, 0.25) is 0 Å². The first kappa shape index (κ1) is 19.0. The van der Waals surface area contributed by atoms with Gasteiger partial charge in [-0.3, -0.25) is 10.1 Å². The van der Waals surface area contributed by atoms with Crippen LogP contribution in [0.4, 0.5) is 0 Å². The van der Waals surface area contributed by atoms with Gasteiger partial charge in [-0.05, 0) is 42.7 Å². The molecule has 0 aromatic heterocycles. The van der Waals surface area contributed by atoms with Crippen LogP contribution in [0.2, 0.25) is 0 Å². The number of methoxy groups -OCH3 is 1. The quantitative estimate of drug-likeness (QED) is 0.686. The summed E-state index contributed by atoms with van der Waals surface area (Å²) >= 11 is 0. The van der Waals surface area contributed by atoms with Crippen LogP contribution in [0.3, 0.4) is 0 Å². The summed E-state index contributed by atoms with van der Waals surface area (Å²) in [5.74, 6) is -0.242. The Kier molecular flexibility index (Phi) is 6.56. The van der Waals surface area contributed by atoms with Crippen LogP contribution in [0.15, 0.2) is 48.5 Å². The Bertz CT molecular complexity index is 702. The van der Waals surface area contributed by atoms with Crippen molar-refractivity contribution in [2.24, 2.45) is 0 Å². The normalized spacial score (nSPS) is 14.6. The van der Waals surface area contributed by atoms with Crippen LogP contribution in [-0.2, 0) is 4.79 Å². The summed E-state index contributed by atoms with van der Waals surface area (Å²) in [6.07, 6.45) is -0.792. The number of benzene rings is 2. The van der Waals surface area contributed by atoms with Crippen LogP contribution >= 0.6 is 0 Å². The minimum Gasteiger partial charge on any atom is -0.496 e. The minimum absolute atomic E-state index is 0.0816. The van der Waals surface area contributed by atoms with Gasteiger partial charge >= 0.3 is 5.97 Å². The average Bonchev–Trinajstić information content (AvgIpc) is 2.61. The molecule has 0 radical (unpaired) electrons. The molecule has 5 nitrogen and oxygen atoms in total. The van der Waals surface area contributed by atoms with Crippen molar-refractivity contribution in [3.05, 3.63) is 65.2 Å². The number of ether oxygens (including phenoxy) is 1. The molecule has 3 atom stereocenters. The fourth-order valence-corrected chi connectivity index (χ4v) is 2.85. The number of carboxylic acids is 1. The summed E-state index contributed by atoms with van der Waals surface area (Å²) in [6, 6.07) is 14.0. The van der Waals surface area contributed by atoms with Gasteiger partial charge in [0.15, 0.2) is 0 Å². The van der Waals surface area contributed by atoms with Crippen LogP contribution in [-0.4, -0.2) is 29.3 Å². The van der Waals surface area contributed by atoms with Crippen LogP contribution in [0.25, 0.3) is 0 Å². The van der Waals surface area contributed by atoms with E-state index in [-0.39, 0.29) is 12.5 Å². The molecule has 0 fully saturated rings. The van der Waals surface area contributed by atoms with E-state index in [4.69, 9.17) is 4.74 Å². The fourth-order valence-electron chi connectivity index (χ4n) is 2.85. The second-order valence-corrected chi connectivity index (χ2v) is 6.17. The number of hydrogen-bond donors (Lipinski definition) is 3. The van der Waals surface area contributed by atoms with Gasteiger partial charge in [-0.2, -0.15) is 0 Å². The van der Waals surface area contributed by atoms with E-state index in [1.165, 1.54) is 0 Å². The molecular formula is C20H25NO4. The second kappa shape index (κ2) is 8.65. The highest BCUT2D eigenvalue weighted by Crippen LogP contribution is 2.25. The van der Waals surface area contributed by atoms with E-state index < -0.39 is 18.1 Å². The molecule has 5 heteroatoms. The zero-order valence-electron chi connectivity index (χ0n) is 14.8. The zero-order chi connectivity index (χ0) is 18.4. The Morgan fingerprint density at radius 3 is 2.40 bits per heavy atom. The molecule has 2 aromatic carbocycles. The van der Waals surface area contributed by atoms with Gasteiger partial charge in [0.05, 0.1) is 13.2 Å². The predicted molar refractivity (Wildman–Crippen MR) is 96.7 cm³/mol. The molecule has 25 heavy (non-hydrogen) atoms. The molecule has 134 valence electrons. The Morgan fingerprint density at radius 1 is 1.16 bits per heavy atom. The van der Waals surface area contributed by atoms with Crippen LogP contribution in [0.1, 0.15) is 42.2 Å². The van der Waals surface area contributed by atoms with Gasteiger partial charge in [0.1, 0.15) is 11.8 Å². The first-order valence-electron chi connectivity index (χ1n) is 8.28. The Labute approximate surface area is 148 Å². The maximum Gasteiger partial charge on any atom is 0.320 e. The number of carbonyl (C=O) groups is 1. The third-order valence-corrected chi connectivity index (χ3v) is 4.31. The van der Waals surface area contributed by atoms with E-state index in [1.807, 2.05) is 50.2 Å². The molecule has 0 aliphatic rings. The van der Waals surface area contributed by atoms with Gasteiger partial charge in [-0.25, -0.2) is 0 Å². The number of aliphatic hydroxyl groups excluding tert-OH is 1. The third-order valence-electron chi connectivity index (χ3n) is 4.31. The van der Waals surface area contributed by atoms with E-state index in [1.54, 1.807) is 19.2 Å². The Balaban J connectivity index is 2.08. The van der Waals surface area contributed by atoms with Gasteiger partial charge < -0.3 is 14.9 Å². The number of aryl methyl sites for hydroxylation is 1. The highest BCUT2D eigenvalue weighted by molar-refractivity contribution is 5.73. The van der Waals surface area contributed by atoms with E-state index in [0.717, 1.165) is 16.9 Å². The second-order valence-electron chi connectivity index (χ2n) is 6.17. The number of carboxylic acid groups (broad SMARTS) is 1. The third kappa shape index (κ3) is 5.05. The highest BCUT2D eigenvalue weighted by atomic mass is 16.5. The summed E-state index contributed by atoms with van der Waals surface area (Å²) in [5.41, 5.74) is 2.58. The zero-order valence-corrected chi connectivity index (χ0v) is 14.8. The molecule has 2 rings (SSSR count). The largest absolute Gasteiger partial charge is 0.496 e. The number of nitrogens with one attached hydrogen (secondary N) is 1. The molecule has 0 spiro atoms. The SMILES string of the molecule is COc1ccc([C@@H](O)C[C@@H](N[C@@H](C)c2ccccc2)C(=O)O)cc1C. The fraction of sp³-hybridized carbons (Fsp3) is 0.350. The molecule has 0 unspecified atom stereocenters. The van der Waals surface area contributed by atoms with Crippen molar-refractivity contribution in [2.75, 3.05) is 7.11 Å². The molecule has 0 saturated carbocycles. The number of rotatable bonds is 8. The van der Waals surface area contributed by atoms with Crippen molar-refractivity contribution >= 4 is 5.97 Å². The number of hydrogen-bond acceptors (Lipinski definition) is 4. The molecule has 0 amide bonds. The van der Waals surface area contributed by atoms with Gasteiger partial charge in [0.25, 0.3) is 0 Å². The smallest absolute Gasteiger partial charge is 0.320 e. The van der Waals surface area contributed by atoms with Gasteiger partial charge in [-0.15, -0.1) is 0 Å².